The lowest BCUT2D eigenvalue weighted by molar-refractivity contribution is 0.340. The molecule has 4 nitrogen and oxygen atoms in total. The zero-order chi connectivity index (χ0) is 14.2. The predicted molar refractivity (Wildman–Crippen MR) is 84.5 cm³/mol. The van der Waals surface area contributed by atoms with Crippen LogP contribution in [-0.4, -0.2) is 11.6 Å². The smallest absolute Gasteiger partial charge is 0.124 e. The highest BCUT2D eigenvalue weighted by Gasteiger charge is 2.24. The van der Waals surface area contributed by atoms with Crippen LogP contribution in [0.25, 0.3) is 10.9 Å². The topological polar surface area (TPSA) is 60.2 Å². The number of rotatable bonds is 2. The number of anilines is 2. The molecule has 0 spiro atoms. The van der Waals surface area contributed by atoms with Gasteiger partial charge in [0, 0.05) is 17.1 Å². The monoisotopic (exact) mass is 277 g/mol. The molecule has 104 valence electrons. The first kappa shape index (κ1) is 12.0. The Bertz CT molecular complexity index is 816. The normalized spacial score (nSPS) is 16.5. The van der Waals surface area contributed by atoms with Gasteiger partial charge in [-0.15, -0.1) is 0 Å². The highest BCUT2D eigenvalue weighted by Crippen LogP contribution is 2.36. The zero-order valence-corrected chi connectivity index (χ0v) is 11.4. The number of pyridine rings is 1. The zero-order valence-electron chi connectivity index (χ0n) is 11.4. The summed E-state index contributed by atoms with van der Waals surface area (Å²) in [4.78, 5) is 4.32. The molecule has 0 amide bonds. The number of nitrogens with one attached hydrogen (secondary N) is 1. The van der Waals surface area contributed by atoms with Gasteiger partial charge in [0.2, 0.25) is 0 Å². The molecule has 2 heterocycles. The second-order valence-corrected chi connectivity index (χ2v) is 5.14. The molecule has 1 atom stereocenters. The van der Waals surface area contributed by atoms with Crippen LogP contribution in [0, 0.1) is 0 Å². The number of para-hydroxylation sites is 1. The maximum atomic E-state index is 6.27. The van der Waals surface area contributed by atoms with Crippen LogP contribution in [0.2, 0.25) is 0 Å². The molecule has 1 aliphatic heterocycles. The number of nitrogens with zero attached hydrogens (tertiary/aromatic N) is 1. The number of nitrogen functional groups attached to an aromatic ring is 1. The van der Waals surface area contributed by atoms with Crippen LogP contribution in [0.4, 0.5) is 11.4 Å². The molecule has 0 saturated heterocycles. The Morgan fingerprint density at radius 3 is 2.95 bits per heavy atom. The third-order valence-corrected chi connectivity index (χ3v) is 3.86. The van der Waals surface area contributed by atoms with Gasteiger partial charge >= 0.3 is 0 Å². The van der Waals surface area contributed by atoms with Gasteiger partial charge in [-0.25, -0.2) is 0 Å². The fourth-order valence-corrected chi connectivity index (χ4v) is 2.77. The van der Waals surface area contributed by atoms with Gasteiger partial charge < -0.3 is 15.8 Å². The number of nitrogens with two attached hydrogens (primary N) is 1. The molecule has 0 saturated carbocycles. The van der Waals surface area contributed by atoms with E-state index >= 15 is 0 Å². The van der Waals surface area contributed by atoms with E-state index < -0.39 is 0 Å². The molecule has 4 heteroatoms. The average Bonchev–Trinajstić information content (AvgIpc) is 2.94. The van der Waals surface area contributed by atoms with E-state index in [0.29, 0.717) is 6.61 Å². The van der Waals surface area contributed by atoms with Crippen LogP contribution in [0.1, 0.15) is 11.6 Å². The summed E-state index contributed by atoms with van der Waals surface area (Å²) in [5, 5.41) is 4.45. The molecule has 3 N–H and O–H groups in total. The summed E-state index contributed by atoms with van der Waals surface area (Å²) in [5.41, 5.74) is 9.99. The second kappa shape index (κ2) is 4.66. The number of aromatic nitrogens is 1. The van der Waals surface area contributed by atoms with Crippen molar-refractivity contribution in [1.82, 2.24) is 4.98 Å². The lowest BCUT2D eigenvalue weighted by atomic mass is 10.1. The minimum absolute atomic E-state index is 0.123. The molecule has 21 heavy (non-hydrogen) atoms. The molecule has 1 aromatic heterocycles. The molecule has 1 unspecified atom stereocenters. The first-order chi connectivity index (χ1) is 10.3. The van der Waals surface area contributed by atoms with Crippen molar-refractivity contribution in [1.29, 1.82) is 0 Å². The van der Waals surface area contributed by atoms with Gasteiger partial charge in [0.1, 0.15) is 12.4 Å². The van der Waals surface area contributed by atoms with Crippen LogP contribution in [0.5, 0.6) is 5.75 Å². The van der Waals surface area contributed by atoms with Crippen molar-refractivity contribution >= 4 is 22.3 Å². The molecular weight excluding hydrogens is 262 g/mol. The van der Waals surface area contributed by atoms with E-state index in [2.05, 4.69) is 16.4 Å². The van der Waals surface area contributed by atoms with Crippen molar-refractivity contribution < 1.29 is 4.74 Å². The van der Waals surface area contributed by atoms with Crippen LogP contribution >= 0.6 is 0 Å². The minimum Gasteiger partial charge on any atom is -0.491 e. The maximum Gasteiger partial charge on any atom is 0.124 e. The van der Waals surface area contributed by atoms with Crippen LogP contribution in [0.3, 0.4) is 0 Å². The molecule has 0 radical (unpaired) electrons. The number of hydrogen-bond donors (Lipinski definition) is 2. The molecule has 0 aliphatic carbocycles. The standard InChI is InChI=1S/C17H15N3O/c18-17-12-5-3-9-19-13(12)7-8-14(17)20-15-10-21-16-6-2-1-4-11(15)16/h1-9,15,20H,10,18H2. The Kier molecular flexibility index (Phi) is 2.67. The van der Waals surface area contributed by atoms with Gasteiger partial charge in [-0.1, -0.05) is 18.2 Å². The SMILES string of the molecule is Nc1c(NC2COc3ccccc32)ccc2ncccc12. The Hall–Kier alpha value is -2.75. The number of benzene rings is 2. The average molecular weight is 277 g/mol. The number of fused-ring (bicyclic) bond motifs is 2. The quantitative estimate of drug-likeness (QED) is 0.705. The molecular formula is C17H15N3O. The molecule has 0 bridgehead atoms. The predicted octanol–water partition coefficient (Wildman–Crippen LogP) is 3.36. The molecule has 3 aromatic rings. The molecule has 4 rings (SSSR count). The lowest BCUT2D eigenvalue weighted by Crippen LogP contribution is -2.13. The van der Waals surface area contributed by atoms with E-state index in [1.54, 1.807) is 6.20 Å². The third kappa shape index (κ3) is 1.96. The van der Waals surface area contributed by atoms with Crippen molar-refractivity contribution in [2.45, 2.75) is 6.04 Å². The van der Waals surface area contributed by atoms with Crippen LogP contribution in [-0.2, 0) is 0 Å². The summed E-state index contributed by atoms with van der Waals surface area (Å²) in [7, 11) is 0. The number of hydrogen-bond acceptors (Lipinski definition) is 4. The molecule has 0 fully saturated rings. The van der Waals surface area contributed by atoms with Crippen molar-refractivity contribution in [2.24, 2.45) is 0 Å². The number of ether oxygens (including phenoxy) is 1. The highest BCUT2D eigenvalue weighted by atomic mass is 16.5. The summed E-state index contributed by atoms with van der Waals surface area (Å²) < 4.78 is 5.69. The van der Waals surface area contributed by atoms with Crippen molar-refractivity contribution in [3.63, 3.8) is 0 Å². The Morgan fingerprint density at radius 2 is 2.00 bits per heavy atom. The third-order valence-electron chi connectivity index (χ3n) is 3.86. The Labute approximate surface area is 122 Å². The summed E-state index contributed by atoms with van der Waals surface area (Å²) in [6, 6.07) is 16.0. The molecule has 2 aromatic carbocycles. The van der Waals surface area contributed by atoms with Gasteiger partial charge in [0.15, 0.2) is 0 Å². The summed E-state index contributed by atoms with van der Waals surface area (Å²) in [6.45, 7) is 0.615. The van der Waals surface area contributed by atoms with Gasteiger partial charge in [0.25, 0.3) is 0 Å². The van der Waals surface area contributed by atoms with E-state index in [-0.39, 0.29) is 6.04 Å². The summed E-state index contributed by atoms with van der Waals surface area (Å²) in [6.07, 6.45) is 1.77. The Balaban J connectivity index is 1.71. The fourth-order valence-electron chi connectivity index (χ4n) is 2.77. The van der Waals surface area contributed by atoms with Gasteiger partial charge in [-0.2, -0.15) is 0 Å². The van der Waals surface area contributed by atoms with Crippen molar-refractivity contribution in [3.05, 3.63) is 60.3 Å². The first-order valence-corrected chi connectivity index (χ1v) is 6.94. The maximum absolute atomic E-state index is 6.27. The van der Waals surface area contributed by atoms with Crippen LogP contribution in [0.15, 0.2) is 54.7 Å². The van der Waals surface area contributed by atoms with Crippen molar-refractivity contribution in [2.75, 3.05) is 17.7 Å². The Morgan fingerprint density at radius 1 is 1.10 bits per heavy atom. The van der Waals surface area contributed by atoms with E-state index in [1.165, 1.54) is 5.56 Å². The lowest BCUT2D eigenvalue weighted by Gasteiger charge is -2.16. The van der Waals surface area contributed by atoms with Crippen LogP contribution < -0.4 is 15.8 Å². The van der Waals surface area contributed by atoms with E-state index in [9.17, 15) is 0 Å². The largest absolute Gasteiger partial charge is 0.491 e. The highest BCUT2D eigenvalue weighted by molar-refractivity contribution is 5.96. The van der Waals surface area contributed by atoms with E-state index in [0.717, 1.165) is 28.0 Å². The van der Waals surface area contributed by atoms with E-state index in [1.807, 2.05) is 42.5 Å². The van der Waals surface area contributed by atoms with Gasteiger partial charge in [-0.05, 0) is 30.3 Å². The van der Waals surface area contributed by atoms with Crippen molar-refractivity contribution in [3.8, 4) is 5.75 Å². The molecule has 1 aliphatic rings. The first-order valence-electron chi connectivity index (χ1n) is 6.94. The van der Waals surface area contributed by atoms with Gasteiger partial charge in [-0.3, -0.25) is 4.98 Å². The minimum atomic E-state index is 0.123. The van der Waals surface area contributed by atoms with E-state index in [4.69, 9.17) is 10.5 Å². The summed E-state index contributed by atoms with van der Waals surface area (Å²) in [5.74, 6) is 0.941. The second-order valence-electron chi connectivity index (χ2n) is 5.14. The summed E-state index contributed by atoms with van der Waals surface area (Å²) >= 11 is 0. The fraction of sp³-hybridized carbons (Fsp3) is 0.118. The van der Waals surface area contributed by atoms with Gasteiger partial charge in [0.05, 0.1) is 22.9 Å².